The Kier molecular flexibility index (Phi) is 3.40. The lowest BCUT2D eigenvalue weighted by Gasteiger charge is -2.33. The molecule has 1 fully saturated rings. The number of aryl methyl sites for hydroxylation is 1. The summed E-state index contributed by atoms with van der Waals surface area (Å²) in [7, 11) is 1.44. The number of hydrogen-bond donors (Lipinski definition) is 1. The molecule has 0 spiro atoms. The number of methoxy groups -OCH3 is 1. The summed E-state index contributed by atoms with van der Waals surface area (Å²) in [5, 5.41) is 4.16. The number of ether oxygens (including phenoxy) is 1. The molecule has 0 aliphatic carbocycles. The van der Waals surface area contributed by atoms with Gasteiger partial charge in [-0.1, -0.05) is 0 Å². The average molecular weight is 289 g/mol. The molecule has 21 heavy (non-hydrogen) atoms. The van der Waals surface area contributed by atoms with E-state index in [2.05, 4.69) is 21.0 Å². The summed E-state index contributed by atoms with van der Waals surface area (Å²) in [5.74, 6) is 0.0596. The maximum Gasteiger partial charge on any atom is 0.310 e. The fourth-order valence-corrected chi connectivity index (χ4v) is 2.89. The molecule has 0 bridgehead atoms. The van der Waals surface area contributed by atoms with Crippen LogP contribution < -0.4 is 10.6 Å². The summed E-state index contributed by atoms with van der Waals surface area (Å²) in [5.41, 5.74) is 8.45. The first kappa shape index (κ1) is 13.7. The van der Waals surface area contributed by atoms with Crippen molar-refractivity contribution in [2.24, 2.45) is 5.92 Å². The van der Waals surface area contributed by atoms with Gasteiger partial charge in [-0.15, -0.1) is 5.10 Å². The minimum absolute atomic E-state index is 0.0689. The molecule has 7 nitrogen and oxygen atoms in total. The number of fused-ring (bicyclic) bond motifs is 1. The smallest absolute Gasteiger partial charge is 0.310 e. The van der Waals surface area contributed by atoms with Crippen LogP contribution in [0.15, 0.2) is 12.3 Å². The van der Waals surface area contributed by atoms with Crippen molar-refractivity contribution in [1.82, 2.24) is 14.6 Å². The van der Waals surface area contributed by atoms with Crippen LogP contribution in [0.1, 0.15) is 18.4 Å². The Balaban J connectivity index is 1.90. The predicted molar refractivity (Wildman–Crippen MR) is 79.1 cm³/mol. The van der Waals surface area contributed by atoms with Crippen LogP contribution in [-0.2, 0) is 9.53 Å². The molecule has 7 heteroatoms. The number of piperidine rings is 1. The number of pyridine rings is 1. The summed E-state index contributed by atoms with van der Waals surface area (Å²) in [4.78, 5) is 18.1. The van der Waals surface area contributed by atoms with E-state index in [0.29, 0.717) is 6.54 Å². The van der Waals surface area contributed by atoms with Crippen molar-refractivity contribution in [2.45, 2.75) is 19.8 Å². The molecule has 1 unspecified atom stereocenters. The predicted octanol–water partition coefficient (Wildman–Crippen LogP) is 1.01. The second-order valence-corrected chi connectivity index (χ2v) is 5.43. The number of carbonyl (C=O) groups is 1. The third-order valence-electron chi connectivity index (χ3n) is 3.94. The highest BCUT2D eigenvalue weighted by atomic mass is 16.5. The zero-order chi connectivity index (χ0) is 15.0. The quantitative estimate of drug-likeness (QED) is 0.830. The molecule has 0 amide bonds. The molecule has 112 valence electrons. The van der Waals surface area contributed by atoms with E-state index in [0.717, 1.165) is 36.3 Å². The van der Waals surface area contributed by atoms with Gasteiger partial charge in [-0.25, -0.2) is 4.52 Å². The number of nitrogens with zero attached hydrogens (tertiary/aromatic N) is 4. The molecule has 2 N–H and O–H groups in total. The molecule has 1 saturated heterocycles. The van der Waals surface area contributed by atoms with Crippen molar-refractivity contribution in [3.63, 3.8) is 0 Å². The summed E-state index contributed by atoms with van der Waals surface area (Å²) >= 11 is 0. The lowest BCUT2D eigenvalue weighted by molar-refractivity contribution is -0.145. The fourth-order valence-electron chi connectivity index (χ4n) is 2.89. The van der Waals surface area contributed by atoms with Gasteiger partial charge < -0.3 is 15.4 Å². The number of hydrogen-bond acceptors (Lipinski definition) is 6. The lowest BCUT2D eigenvalue weighted by Crippen LogP contribution is -2.39. The Hall–Kier alpha value is -2.31. The van der Waals surface area contributed by atoms with Crippen LogP contribution in [0.5, 0.6) is 0 Å². The summed E-state index contributed by atoms with van der Waals surface area (Å²) < 4.78 is 6.56. The van der Waals surface area contributed by atoms with E-state index < -0.39 is 0 Å². The van der Waals surface area contributed by atoms with E-state index in [4.69, 9.17) is 10.5 Å². The first-order valence-electron chi connectivity index (χ1n) is 7.04. The van der Waals surface area contributed by atoms with Crippen molar-refractivity contribution < 1.29 is 9.53 Å². The highest BCUT2D eigenvalue weighted by Gasteiger charge is 2.27. The van der Waals surface area contributed by atoms with Gasteiger partial charge in [0.05, 0.1) is 24.9 Å². The number of anilines is 2. The second-order valence-electron chi connectivity index (χ2n) is 5.43. The maximum atomic E-state index is 11.7. The van der Waals surface area contributed by atoms with Gasteiger partial charge >= 0.3 is 5.97 Å². The zero-order valence-electron chi connectivity index (χ0n) is 12.2. The van der Waals surface area contributed by atoms with Crippen molar-refractivity contribution in [3.05, 3.63) is 17.8 Å². The third-order valence-corrected chi connectivity index (χ3v) is 3.94. The van der Waals surface area contributed by atoms with Crippen LogP contribution in [0.2, 0.25) is 0 Å². The molecule has 2 aromatic heterocycles. The van der Waals surface area contributed by atoms with E-state index in [-0.39, 0.29) is 17.8 Å². The summed E-state index contributed by atoms with van der Waals surface area (Å²) in [6.45, 7) is 3.57. The van der Waals surface area contributed by atoms with Crippen LogP contribution in [0.3, 0.4) is 0 Å². The van der Waals surface area contributed by atoms with Crippen molar-refractivity contribution >= 4 is 23.3 Å². The third kappa shape index (κ3) is 2.51. The van der Waals surface area contributed by atoms with E-state index >= 15 is 0 Å². The number of nitrogen functional groups attached to an aromatic ring is 1. The standard InChI is InChI=1S/C14H19N5O2/c1-9-6-11(8-19-12(9)16-14(15)17-19)18-5-3-4-10(7-18)13(20)21-2/h6,8,10H,3-5,7H2,1-2H3,(H2,15,17). The van der Waals surface area contributed by atoms with E-state index in [1.165, 1.54) is 7.11 Å². The molecule has 1 aliphatic heterocycles. The first-order chi connectivity index (χ1) is 10.1. The molecule has 2 aromatic rings. The molecule has 1 atom stereocenters. The monoisotopic (exact) mass is 289 g/mol. The molecular formula is C14H19N5O2. The van der Waals surface area contributed by atoms with Gasteiger partial charge in [0.1, 0.15) is 0 Å². The summed E-state index contributed by atoms with van der Waals surface area (Å²) in [6.07, 6.45) is 3.75. The van der Waals surface area contributed by atoms with E-state index in [1.807, 2.05) is 13.1 Å². The molecule has 0 aromatic carbocycles. The van der Waals surface area contributed by atoms with Crippen molar-refractivity contribution in [3.8, 4) is 0 Å². The number of aromatic nitrogens is 3. The van der Waals surface area contributed by atoms with Crippen LogP contribution in [0.4, 0.5) is 11.6 Å². The molecule has 1 aliphatic rings. The van der Waals surface area contributed by atoms with Gasteiger partial charge in [0.15, 0.2) is 5.65 Å². The molecule has 0 radical (unpaired) electrons. The molecule has 3 heterocycles. The number of esters is 1. The zero-order valence-corrected chi connectivity index (χ0v) is 12.2. The largest absolute Gasteiger partial charge is 0.469 e. The van der Waals surface area contributed by atoms with Crippen LogP contribution in [0, 0.1) is 12.8 Å². The van der Waals surface area contributed by atoms with Crippen LogP contribution in [-0.4, -0.2) is 40.8 Å². The minimum atomic E-state index is -0.137. The average Bonchev–Trinajstić information content (AvgIpc) is 2.87. The number of nitrogens with two attached hydrogens (primary N) is 1. The topological polar surface area (TPSA) is 85.8 Å². The Morgan fingerprint density at radius 2 is 2.33 bits per heavy atom. The fraction of sp³-hybridized carbons (Fsp3) is 0.500. The second kappa shape index (κ2) is 5.23. The van der Waals surface area contributed by atoms with E-state index in [9.17, 15) is 4.79 Å². The highest BCUT2D eigenvalue weighted by molar-refractivity contribution is 5.73. The van der Waals surface area contributed by atoms with Crippen molar-refractivity contribution in [1.29, 1.82) is 0 Å². The first-order valence-corrected chi connectivity index (χ1v) is 7.04. The molecule has 0 saturated carbocycles. The Bertz CT molecular complexity index is 681. The van der Waals surface area contributed by atoms with Gasteiger partial charge in [-0.2, -0.15) is 4.98 Å². The van der Waals surface area contributed by atoms with Gasteiger partial charge in [0.25, 0.3) is 0 Å². The van der Waals surface area contributed by atoms with E-state index in [1.54, 1.807) is 4.52 Å². The van der Waals surface area contributed by atoms with Gasteiger partial charge in [0, 0.05) is 13.1 Å². The lowest BCUT2D eigenvalue weighted by atomic mass is 9.98. The van der Waals surface area contributed by atoms with Gasteiger partial charge in [-0.05, 0) is 31.4 Å². The molecular weight excluding hydrogens is 270 g/mol. The SMILES string of the molecule is COC(=O)C1CCCN(c2cc(C)c3nc(N)nn3c2)C1. The molecule has 3 rings (SSSR count). The Morgan fingerprint density at radius 3 is 3.10 bits per heavy atom. The number of carbonyl (C=O) groups excluding carboxylic acids is 1. The van der Waals surface area contributed by atoms with Crippen LogP contribution >= 0.6 is 0 Å². The minimum Gasteiger partial charge on any atom is -0.469 e. The summed E-state index contributed by atoms with van der Waals surface area (Å²) in [6, 6.07) is 2.06. The normalized spacial score (nSPS) is 19.0. The van der Waals surface area contributed by atoms with Crippen LogP contribution in [0.25, 0.3) is 5.65 Å². The van der Waals surface area contributed by atoms with Gasteiger partial charge in [-0.3, -0.25) is 4.79 Å². The van der Waals surface area contributed by atoms with Crippen molar-refractivity contribution in [2.75, 3.05) is 30.8 Å². The highest BCUT2D eigenvalue weighted by Crippen LogP contribution is 2.25. The van der Waals surface area contributed by atoms with Gasteiger partial charge in [0.2, 0.25) is 5.95 Å². The Morgan fingerprint density at radius 1 is 1.52 bits per heavy atom. The number of rotatable bonds is 2. The maximum absolute atomic E-state index is 11.7. The Labute approximate surface area is 122 Å².